The van der Waals surface area contributed by atoms with E-state index in [1.165, 1.54) is 24.0 Å². The minimum atomic E-state index is 0.313. The SMILES string of the molecule is CCCCc1ccc(-c2ccc(O)cc2)cc1. The maximum Gasteiger partial charge on any atom is 0.115 e. The van der Waals surface area contributed by atoms with E-state index in [9.17, 15) is 5.11 Å². The first-order chi connectivity index (χ1) is 8.29. The van der Waals surface area contributed by atoms with Gasteiger partial charge in [-0.2, -0.15) is 0 Å². The van der Waals surface area contributed by atoms with Crippen molar-refractivity contribution in [3.8, 4) is 16.9 Å². The Kier molecular flexibility index (Phi) is 3.81. The minimum Gasteiger partial charge on any atom is -0.508 e. The Hall–Kier alpha value is -1.76. The molecule has 0 radical (unpaired) electrons. The minimum absolute atomic E-state index is 0.313. The molecule has 0 fully saturated rings. The average molecular weight is 226 g/mol. The molecule has 0 aromatic heterocycles. The van der Waals surface area contributed by atoms with Crippen LogP contribution in [-0.2, 0) is 6.42 Å². The lowest BCUT2D eigenvalue weighted by atomic mass is 10.0. The summed E-state index contributed by atoms with van der Waals surface area (Å²) in [6.45, 7) is 2.21. The number of hydrogen-bond acceptors (Lipinski definition) is 1. The number of hydrogen-bond donors (Lipinski definition) is 1. The van der Waals surface area contributed by atoms with Crippen LogP contribution in [0.3, 0.4) is 0 Å². The van der Waals surface area contributed by atoms with Crippen molar-refractivity contribution in [2.75, 3.05) is 0 Å². The van der Waals surface area contributed by atoms with E-state index in [2.05, 4.69) is 31.2 Å². The molecule has 1 N–H and O–H groups in total. The molecule has 1 nitrogen and oxygen atoms in total. The zero-order valence-corrected chi connectivity index (χ0v) is 10.2. The van der Waals surface area contributed by atoms with E-state index >= 15 is 0 Å². The standard InChI is InChI=1S/C16H18O/c1-2-3-4-13-5-7-14(8-6-13)15-9-11-16(17)12-10-15/h5-12,17H,2-4H2,1H3. The summed E-state index contributed by atoms with van der Waals surface area (Å²) < 4.78 is 0. The lowest BCUT2D eigenvalue weighted by Crippen LogP contribution is -1.84. The Morgan fingerprint density at radius 3 is 1.88 bits per heavy atom. The van der Waals surface area contributed by atoms with Gasteiger partial charge in [0.05, 0.1) is 0 Å². The molecular formula is C16H18O. The third kappa shape index (κ3) is 3.10. The molecule has 0 aliphatic heterocycles. The Balaban J connectivity index is 2.14. The fourth-order valence-corrected chi connectivity index (χ4v) is 1.90. The quantitative estimate of drug-likeness (QED) is 0.819. The number of phenols is 1. The maximum absolute atomic E-state index is 9.24. The van der Waals surface area contributed by atoms with Crippen LogP contribution in [0.5, 0.6) is 5.75 Å². The smallest absolute Gasteiger partial charge is 0.115 e. The Morgan fingerprint density at radius 2 is 1.35 bits per heavy atom. The molecule has 2 aromatic rings. The second kappa shape index (κ2) is 5.53. The van der Waals surface area contributed by atoms with Gasteiger partial charge in [0, 0.05) is 0 Å². The van der Waals surface area contributed by atoms with Gasteiger partial charge in [-0.05, 0) is 41.7 Å². The van der Waals surface area contributed by atoms with Gasteiger partial charge in [-0.1, -0.05) is 49.7 Å². The van der Waals surface area contributed by atoms with E-state index in [-0.39, 0.29) is 0 Å². The third-order valence-electron chi connectivity index (χ3n) is 2.97. The highest BCUT2D eigenvalue weighted by Gasteiger charge is 1.98. The Bertz CT molecular complexity index is 454. The monoisotopic (exact) mass is 226 g/mol. The molecule has 0 aliphatic carbocycles. The van der Waals surface area contributed by atoms with Gasteiger partial charge in [0.2, 0.25) is 0 Å². The number of phenolic OH excluding ortho intramolecular Hbond substituents is 1. The molecule has 2 rings (SSSR count). The van der Waals surface area contributed by atoms with Crippen molar-refractivity contribution in [3.63, 3.8) is 0 Å². The first-order valence-electron chi connectivity index (χ1n) is 6.18. The first-order valence-corrected chi connectivity index (χ1v) is 6.18. The Labute approximate surface area is 103 Å². The number of aryl methyl sites for hydroxylation is 1. The van der Waals surface area contributed by atoms with Crippen LogP contribution in [0.15, 0.2) is 48.5 Å². The summed E-state index contributed by atoms with van der Waals surface area (Å²) in [7, 11) is 0. The van der Waals surface area contributed by atoms with Crippen molar-refractivity contribution in [1.82, 2.24) is 0 Å². The van der Waals surface area contributed by atoms with Crippen LogP contribution < -0.4 is 0 Å². The van der Waals surface area contributed by atoms with Gasteiger partial charge in [0.25, 0.3) is 0 Å². The normalized spacial score (nSPS) is 10.4. The van der Waals surface area contributed by atoms with E-state index < -0.39 is 0 Å². The molecule has 0 bridgehead atoms. The zero-order chi connectivity index (χ0) is 12.1. The van der Waals surface area contributed by atoms with E-state index in [0.29, 0.717) is 5.75 Å². The molecule has 0 heterocycles. The van der Waals surface area contributed by atoms with Crippen molar-refractivity contribution in [2.45, 2.75) is 26.2 Å². The summed E-state index contributed by atoms with van der Waals surface area (Å²) in [6, 6.07) is 16.0. The second-order valence-corrected chi connectivity index (χ2v) is 4.35. The van der Waals surface area contributed by atoms with Gasteiger partial charge in [0.1, 0.15) is 5.75 Å². The predicted octanol–water partition coefficient (Wildman–Crippen LogP) is 4.40. The lowest BCUT2D eigenvalue weighted by Gasteiger charge is -2.04. The maximum atomic E-state index is 9.24. The fraction of sp³-hybridized carbons (Fsp3) is 0.250. The van der Waals surface area contributed by atoms with Crippen LogP contribution >= 0.6 is 0 Å². The van der Waals surface area contributed by atoms with Crippen LogP contribution in [0.2, 0.25) is 0 Å². The van der Waals surface area contributed by atoms with Gasteiger partial charge in [-0.25, -0.2) is 0 Å². The lowest BCUT2D eigenvalue weighted by molar-refractivity contribution is 0.475. The van der Waals surface area contributed by atoms with Crippen LogP contribution in [0.25, 0.3) is 11.1 Å². The fourth-order valence-electron chi connectivity index (χ4n) is 1.90. The number of unbranched alkanes of at least 4 members (excludes halogenated alkanes) is 1. The van der Waals surface area contributed by atoms with Gasteiger partial charge >= 0.3 is 0 Å². The van der Waals surface area contributed by atoms with Gasteiger partial charge in [-0.3, -0.25) is 0 Å². The molecule has 17 heavy (non-hydrogen) atoms. The number of aromatic hydroxyl groups is 1. The summed E-state index contributed by atoms with van der Waals surface area (Å²) in [5.74, 6) is 0.313. The summed E-state index contributed by atoms with van der Waals surface area (Å²) in [4.78, 5) is 0. The summed E-state index contributed by atoms with van der Waals surface area (Å²) >= 11 is 0. The average Bonchev–Trinajstić information content (AvgIpc) is 2.38. The van der Waals surface area contributed by atoms with Crippen molar-refractivity contribution < 1.29 is 5.11 Å². The first kappa shape index (κ1) is 11.7. The molecule has 2 aromatic carbocycles. The zero-order valence-electron chi connectivity index (χ0n) is 10.2. The van der Waals surface area contributed by atoms with Crippen LogP contribution in [0.4, 0.5) is 0 Å². The summed E-state index contributed by atoms with van der Waals surface area (Å²) in [6.07, 6.45) is 3.64. The van der Waals surface area contributed by atoms with Crippen molar-refractivity contribution in [3.05, 3.63) is 54.1 Å². The Morgan fingerprint density at radius 1 is 0.824 bits per heavy atom. The van der Waals surface area contributed by atoms with E-state index in [1.54, 1.807) is 12.1 Å². The molecule has 0 spiro atoms. The molecule has 0 saturated carbocycles. The highest BCUT2D eigenvalue weighted by Crippen LogP contribution is 2.22. The van der Waals surface area contributed by atoms with Crippen LogP contribution in [0.1, 0.15) is 25.3 Å². The van der Waals surface area contributed by atoms with Crippen molar-refractivity contribution >= 4 is 0 Å². The van der Waals surface area contributed by atoms with E-state index in [4.69, 9.17) is 0 Å². The largest absolute Gasteiger partial charge is 0.508 e. The second-order valence-electron chi connectivity index (χ2n) is 4.35. The van der Waals surface area contributed by atoms with Crippen LogP contribution in [-0.4, -0.2) is 5.11 Å². The molecule has 0 amide bonds. The van der Waals surface area contributed by atoms with Gasteiger partial charge in [0.15, 0.2) is 0 Å². The highest BCUT2D eigenvalue weighted by molar-refractivity contribution is 5.64. The number of benzene rings is 2. The molecule has 0 unspecified atom stereocenters. The molecule has 1 heteroatoms. The van der Waals surface area contributed by atoms with E-state index in [0.717, 1.165) is 12.0 Å². The predicted molar refractivity (Wildman–Crippen MR) is 72.2 cm³/mol. The number of rotatable bonds is 4. The molecule has 0 saturated heterocycles. The van der Waals surface area contributed by atoms with Crippen molar-refractivity contribution in [2.24, 2.45) is 0 Å². The topological polar surface area (TPSA) is 20.2 Å². The molecule has 0 atom stereocenters. The van der Waals surface area contributed by atoms with Crippen LogP contribution in [0, 0.1) is 0 Å². The summed E-state index contributed by atoms with van der Waals surface area (Å²) in [5.41, 5.74) is 3.74. The highest BCUT2D eigenvalue weighted by atomic mass is 16.3. The van der Waals surface area contributed by atoms with Crippen molar-refractivity contribution in [1.29, 1.82) is 0 Å². The third-order valence-corrected chi connectivity index (χ3v) is 2.97. The molecule has 0 aliphatic rings. The molecule has 88 valence electrons. The van der Waals surface area contributed by atoms with Gasteiger partial charge < -0.3 is 5.11 Å². The molecular weight excluding hydrogens is 208 g/mol. The summed E-state index contributed by atoms with van der Waals surface area (Å²) in [5, 5.41) is 9.24. The van der Waals surface area contributed by atoms with Gasteiger partial charge in [-0.15, -0.1) is 0 Å². The van der Waals surface area contributed by atoms with E-state index in [1.807, 2.05) is 12.1 Å².